The number of aromatic nitrogens is 2. The monoisotopic (exact) mass is 394 g/mol. The Morgan fingerprint density at radius 3 is 2.64 bits per heavy atom. The molecule has 2 aromatic carbocycles. The molecule has 142 valence electrons. The number of pyridine rings is 2. The molecule has 0 bridgehead atoms. The number of nitrogens with two attached hydrogens (primary N) is 1. The highest BCUT2D eigenvalue weighted by molar-refractivity contribution is 6.35. The average molecular weight is 395 g/mol. The number of hydrogen-bond donors (Lipinski definition) is 3. The maximum Gasteiger partial charge on any atom is 0.221 e. The van der Waals surface area contributed by atoms with Gasteiger partial charge >= 0.3 is 0 Å². The van der Waals surface area contributed by atoms with Crippen molar-refractivity contribution in [3.05, 3.63) is 75.7 Å². The summed E-state index contributed by atoms with van der Waals surface area (Å²) >= 11 is 5.93. The predicted molar refractivity (Wildman–Crippen MR) is 115 cm³/mol. The molecule has 0 saturated carbocycles. The summed E-state index contributed by atoms with van der Waals surface area (Å²) < 4.78 is 0. The van der Waals surface area contributed by atoms with Crippen LogP contribution >= 0.6 is 11.6 Å². The van der Waals surface area contributed by atoms with Crippen molar-refractivity contribution in [3.8, 4) is 0 Å². The molecule has 4 aromatic rings. The number of anilines is 2. The minimum absolute atomic E-state index is 0.0431. The Morgan fingerprint density at radius 1 is 1.11 bits per heavy atom. The van der Waals surface area contributed by atoms with Crippen LogP contribution in [0, 0.1) is 6.92 Å². The van der Waals surface area contributed by atoms with Crippen LogP contribution in [-0.4, -0.2) is 15.9 Å². The molecule has 28 heavy (non-hydrogen) atoms. The van der Waals surface area contributed by atoms with Gasteiger partial charge in [-0.2, -0.15) is 0 Å². The van der Waals surface area contributed by atoms with E-state index in [1.807, 2.05) is 25.1 Å². The molecule has 0 unspecified atom stereocenters. The van der Waals surface area contributed by atoms with Gasteiger partial charge in [-0.15, -0.1) is 0 Å². The van der Waals surface area contributed by atoms with Crippen LogP contribution in [0.3, 0.4) is 0 Å². The Morgan fingerprint density at radius 2 is 1.89 bits per heavy atom. The lowest BCUT2D eigenvalue weighted by Crippen LogP contribution is -2.07. The van der Waals surface area contributed by atoms with Crippen LogP contribution < -0.4 is 16.5 Å². The second kappa shape index (κ2) is 8.10. The summed E-state index contributed by atoms with van der Waals surface area (Å²) in [5.41, 5.74) is 9.38. The van der Waals surface area contributed by atoms with Crippen molar-refractivity contribution in [1.82, 2.24) is 9.97 Å². The highest BCUT2D eigenvalue weighted by Gasteiger charge is 2.02. The lowest BCUT2D eigenvalue weighted by Gasteiger charge is -2.04. The van der Waals surface area contributed by atoms with Crippen LogP contribution in [0.4, 0.5) is 11.4 Å². The number of hydrogen-bond acceptors (Lipinski definition) is 4. The predicted octanol–water partition coefficient (Wildman–Crippen LogP) is 4.27. The zero-order valence-electron chi connectivity index (χ0n) is 15.4. The third-order valence-electron chi connectivity index (χ3n) is 4.00. The summed E-state index contributed by atoms with van der Waals surface area (Å²) in [6, 6.07) is 14.0. The number of nitrogens with one attached hydrogen (secondary N) is 2. The minimum atomic E-state index is -0.150. The molecule has 6 nitrogen and oxygen atoms in total. The molecule has 4 N–H and O–H groups in total. The quantitative estimate of drug-likeness (QED) is 0.420. The zero-order valence-corrected chi connectivity index (χ0v) is 16.2. The summed E-state index contributed by atoms with van der Waals surface area (Å²) in [7, 11) is 0. The Kier molecular flexibility index (Phi) is 5.61. The Hall–Kier alpha value is -3.38. The normalized spacial score (nSPS) is 10.4. The maximum absolute atomic E-state index is 11.7. The Labute approximate surface area is 166 Å². The van der Waals surface area contributed by atoms with E-state index in [4.69, 9.17) is 17.3 Å². The molecule has 0 radical (unpaired) electrons. The first kappa shape index (κ1) is 19.4. The number of nitrogens with zero attached hydrogens (tertiary/aromatic N) is 1. The van der Waals surface area contributed by atoms with E-state index in [0.29, 0.717) is 21.8 Å². The van der Waals surface area contributed by atoms with Gasteiger partial charge in [-0.1, -0.05) is 11.6 Å². The molecule has 0 aliphatic carbocycles. The smallest absolute Gasteiger partial charge is 0.221 e. The van der Waals surface area contributed by atoms with E-state index in [0.717, 1.165) is 22.1 Å². The van der Waals surface area contributed by atoms with E-state index >= 15 is 0 Å². The lowest BCUT2D eigenvalue weighted by molar-refractivity contribution is -0.114. The van der Waals surface area contributed by atoms with Crippen LogP contribution in [0.15, 0.2) is 59.5 Å². The number of carbonyl (C=O) groups is 1. The van der Waals surface area contributed by atoms with Gasteiger partial charge < -0.3 is 16.0 Å². The Balaban J connectivity index is 0.000000167. The molecule has 0 aliphatic heterocycles. The fraction of sp³-hybridized carbons (Fsp3) is 0.0952. The van der Waals surface area contributed by atoms with Crippen molar-refractivity contribution in [2.24, 2.45) is 0 Å². The lowest BCUT2D eigenvalue weighted by atomic mass is 10.1. The van der Waals surface area contributed by atoms with E-state index in [1.165, 1.54) is 6.92 Å². The average Bonchev–Trinajstić information content (AvgIpc) is 2.63. The van der Waals surface area contributed by atoms with Gasteiger partial charge in [0.25, 0.3) is 0 Å². The van der Waals surface area contributed by atoms with Crippen molar-refractivity contribution in [2.75, 3.05) is 11.1 Å². The van der Waals surface area contributed by atoms with Gasteiger partial charge in [0.1, 0.15) is 0 Å². The first-order chi connectivity index (χ1) is 13.3. The Bertz CT molecular complexity index is 1230. The van der Waals surface area contributed by atoms with E-state index < -0.39 is 0 Å². The summed E-state index contributed by atoms with van der Waals surface area (Å²) in [5, 5.41) is 4.82. The van der Waals surface area contributed by atoms with Crippen molar-refractivity contribution >= 4 is 50.7 Å². The number of aromatic amines is 1. The number of nitrogen functional groups attached to an aromatic ring is 1. The minimum Gasteiger partial charge on any atom is -0.399 e. The number of amides is 1. The van der Waals surface area contributed by atoms with Gasteiger partial charge in [-0.05, 0) is 49.4 Å². The maximum atomic E-state index is 11.7. The van der Waals surface area contributed by atoms with E-state index in [-0.39, 0.29) is 11.3 Å². The molecule has 7 heteroatoms. The van der Waals surface area contributed by atoms with Gasteiger partial charge in [-0.3, -0.25) is 14.6 Å². The molecule has 0 atom stereocenters. The third-order valence-corrected chi connectivity index (χ3v) is 4.33. The molecule has 1 amide bonds. The number of benzene rings is 2. The molecular weight excluding hydrogens is 376 g/mol. The van der Waals surface area contributed by atoms with Crippen LogP contribution in [0.1, 0.15) is 12.6 Å². The van der Waals surface area contributed by atoms with Crippen molar-refractivity contribution < 1.29 is 4.79 Å². The first-order valence-corrected chi connectivity index (χ1v) is 8.92. The molecular formula is C21H19ClN4O2. The summed E-state index contributed by atoms with van der Waals surface area (Å²) in [6.07, 6.45) is 1.68. The van der Waals surface area contributed by atoms with Crippen LogP contribution in [0.2, 0.25) is 5.02 Å². The van der Waals surface area contributed by atoms with Gasteiger partial charge in [0.2, 0.25) is 5.91 Å². The SMILES string of the molecule is CC(=O)Nc1ccc2[nH]c(C)cc(=O)c2c1.Nc1ccc2nccc(Cl)c2c1. The molecule has 0 aliphatic rings. The molecule has 0 saturated heterocycles. The molecule has 2 aromatic heterocycles. The van der Waals surface area contributed by atoms with E-state index in [2.05, 4.69) is 15.3 Å². The van der Waals surface area contributed by atoms with E-state index in [1.54, 1.807) is 36.5 Å². The standard InChI is InChI=1S/C12H12N2O2.C9H7ClN2/c1-7-5-12(16)10-6-9(14-8(2)15)3-4-11(10)13-7;10-8-3-4-12-9-2-1-6(11)5-7(8)9/h3-6H,1-2H3,(H,13,16)(H,14,15);1-5H,11H2. The number of aryl methyl sites for hydroxylation is 1. The van der Waals surface area contributed by atoms with Gasteiger partial charge in [0, 0.05) is 52.5 Å². The number of rotatable bonds is 1. The van der Waals surface area contributed by atoms with Crippen molar-refractivity contribution in [2.45, 2.75) is 13.8 Å². The van der Waals surface area contributed by atoms with Crippen LogP contribution in [0.25, 0.3) is 21.8 Å². The fourth-order valence-corrected chi connectivity index (χ4v) is 3.00. The van der Waals surface area contributed by atoms with Gasteiger partial charge in [0.05, 0.1) is 10.5 Å². The zero-order chi connectivity index (χ0) is 20.3. The third kappa shape index (κ3) is 4.47. The van der Waals surface area contributed by atoms with Gasteiger partial charge in [0.15, 0.2) is 5.43 Å². The molecule has 4 rings (SSSR count). The first-order valence-electron chi connectivity index (χ1n) is 8.54. The molecule has 0 spiro atoms. The topological polar surface area (TPSA) is 101 Å². The highest BCUT2D eigenvalue weighted by Crippen LogP contribution is 2.23. The van der Waals surface area contributed by atoms with Crippen molar-refractivity contribution in [1.29, 1.82) is 0 Å². The molecule has 2 heterocycles. The summed E-state index contributed by atoms with van der Waals surface area (Å²) in [4.78, 5) is 29.8. The van der Waals surface area contributed by atoms with Gasteiger partial charge in [-0.25, -0.2) is 0 Å². The number of halogens is 1. The molecule has 0 fully saturated rings. The summed E-state index contributed by atoms with van der Waals surface area (Å²) in [6.45, 7) is 3.27. The fourth-order valence-electron chi connectivity index (χ4n) is 2.79. The number of carbonyl (C=O) groups excluding carboxylic acids is 1. The summed E-state index contributed by atoms with van der Waals surface area (Å²) in [5.74, 6) is -0.150. The highest BCUT2D eigenvalue weighted by atomic mass is 35.5. The van der Waals surface area contributed by atoms with E-state index in [9.17, 15) is 9.59 Å². The van der Waals surface area contributed by atoms with Crippen LogP contribution in [-0.2, 0) is 4.79 Å². The largest absolute Gasteiger partial charge is 0.399 e. The van der Waals surface area contributed by atoms with Crippen LogP contribution in [0.5, 0.6) is 0 Å². The second-order valence-electron chi connectivity index (χ2n) is 6.33. The number of H-pyrrole nitrogens is 1. The number of fused-ring (bicyclic) bond motifs is 2. The second-order valence-corrected chi connectivity index (χ2v) is 6.73. The van der Waals surface area contributed by atoms with Crippen molar-refractivity contribution in [3.63, 3.8) is 0 Å².